The van der Waals surface area contributed by atoms with E-state index in [1.807, 2.05) is 52.0 Å². The zero-order chi connectivity index (χ0) is 24.4. The first kappa shape index (κ1) is 24.6. The van der Waals surface area contributed by atoms with E-state index in [-0.39, 0.29) is 18.4 Å². The number of methoxy groups -OCH3 is 1. The van der Waals surface area contributed by atoms with Crippen LogP contribution in [0.15, 0.2) is 41.1 Å². The van der Waals surface area contributed by atoms with Crippen LogP contribution in [0.1, 0.15) is 44.6 Å². The Balaban J connectivity index is 2.11. The van der Waals surface area contributed by atoms with Crippen LogP contribution in [0.25, 0.3) is 11.8 Å². The number of hydrogen-bond donors (Lipinski definition) is 0. The number of carbonyl (C=O) groups is 2. The van der Waals surface area contributed by atoms with E-state index in [0.717, 1.165) is 22.6 Å². The Hall–Kier alpha value is -2.99. The van der Waals surface area contributed by atoms with Crippen LogP contribution in [0.3, 0.4) is 0 Å². The smallest absolute Gasteiger partial charge is 0.340 e. The minimum absolute atomic E-state index is 0.179. The summed E-state index contributed by atoms with van der Waals surface area (Å²) in [6.07, 6.45) is 1.79. The molecule has 0 fully saturated rings. The fourth-order valence-corrected chi connectivity index (χ4v) is 4.45. The zero-order valence-electron chi connectivity index (χ0n) is 20.3. The van der Waals surface area contributed by atoms with E-state index in [4.69, 9.17) is 21.1 Å². The Bertz CT molecular complexity index is 1160. The SMILES string of the molecule is CCOC(=O)C1=C(C)N(CC(C)C)C(=O)/C1=C\c1cc(C)n(-c2ccc(OC)c(Cl)c2)c1C. The van der Waals surface area contributed by atoms with Gasteiger partial charge in [0.05, 0.1) is 29.9 Å². The number of aromatic nitrogens is 1. The largest absolute Gasteiger partial charge is 0.495 e. The van der Waals surface area contributed by atoms with Gasteiger partial charge in [-0.25, -0.2) is 4.79 Å². The molecule has 0 saturated carbocycles. The van der Waals surface area contributed by atoms with E-state index in [0.29, 0.717) is 34.2 Å². The lowest BCUT2D eigenvalue weighted by Crippen LogP contribution is -2.28. The minimum atomic E-state index is -0.475. The molecule has 1 amide bonds. The molecule has 1 aromatic carbocycles. The summed E-state index contributed by atoms with van der Waals surface area (Å²) < 4.78 is 12.6. The lowest BCUT2D eigenvalue weighted by molar-refractivity contribution is -0.138. The molecule has 176 valence electrons. The van der Waals surface area contributed by atoms with E-state index in [9.17, 15) is 9.59 Å². The van der Waals surface area contributed by atoms with Gasteiger partial charge in [-0.1, -0.05) is 25.4 Å². The molecule has 0 spiro atoms. The molecule has 0 bridgehead atoms. The van der Waals surface area contributed by atoms with Gasteiger partial charge in [-0.05, 0) is 69.5 Å². The number of ether oxygens (including phenoxy) is 2. The topological polar surface area (TPSA) is 60.8 Å². The van der Waals surface area contributed by atoms with Crippen LogP contribution in [-0.2, 0) is 14.3 Å². The highest BCUT2D eigenvalue weighted by atomic mass is 35.5. The van der Waals surface area contributed by atoms with Gasteiger partial charge in [-0.3, -0.25) is 4.79 Å². The van der Waals surface area contributed by atoms with Gasteiger partial charge in [-0.15, -0.1) is 0 Å². The van der Waals surface area contributed by atoms with E-state index < -0.39 is 5.97 Å². The van der Waals surface area contributed by atoms with Crippen LogP contribution in [0.5, 0.6) is 5.75 Å². The van der Waals surface area contributed by atoms with Crippen LogP contribution < -0.4 is 4.74 Å². The Labute approximate surface area is 200 Å². The first-order valence-electron chi connectivity index (χ1n) is 11.0. The molecule has 1 aliphatic heterocycles. The van der Waals surface area contributed by atoms with E-state index >= 15 is 0 Å². The van der Waals surface area contributed by atoms with E-state index in [1.165, 1.54) is 0 Å². The molecule has 6 nitrogen and oxygen atoms in total. The maximum Gasteiger partial charge on any atom is 0.340 e. The monoisotopic (exact) mass is 470 g/mol. The first-order chi connectivity index (χ1) is 15.6. The fraction of sp³-hybridized carbons (Fsp3) is 0.385. The van der Waals surface area contributed by atoms with Gasteiger partial charge in [0.2, 0.25) is 0 Å². The molecule has 7 heteroatoms. The summed E-state index contributed by atoms with van der Waals surface area (Å²) in [6, 6.07) is 7.60. The molecule has 3 rings (SSSR count). The van der Waals surface area contributed by atoms with Crippen molar-refractivity contribution in [2.75, 3.05) is 20.3 Å². The molecule has 2 aromatic rings. The number of hydrogen-bond acceptors (Lipinski definition) is 4. The summed E-state index contributed by atoms with van der Waals surface area (Å²) in [4.78, 5) is 27.8. The maximum absolute atomic E-state index is 13.3. The third-order valence-corrected chi connectivity index (χ3v) is 6.00. The summed E-state index contributed by atoms with van der Waals surface area (Å²) in [6.45, 7) is 12.4. The molecule has 0 N–H and O–H groups in total. The Morgan fingerprint density at radius 2 is 1.88 bits per heavy atom. The molecule has 0 atom stereocenters. The number of aryl methyl sites for hydroxylation is 1. The lowest BCUT2D eigenvalue weighted by Gasteiger charge is -2.19. The predicted molar refractivity (Wildman–Crippen MR) is 131 cm³/mol. The summed E-state index contributed by atoms with van der Waals surface area (Å²) in [5.41, 5.74) is 4.97. The Morgan fingerprint density at radius 1 is 1.18 bits per heavy atom. The number of allylic oxidation sites excluding steroid dienone is 1. The van der Waals surface area contributed by atoms with Gasteiger partial charge < -0.3 is 18.9 Å². The molecule has 1 aliphatic rings. The summed E-state index contributed by atoms with van der Waals surface area (Å²) in [7, 11) is 1.58. The van der Waals surface area contributed by atoms with Crippen molar-refractivity contribution in [1.82, 2.24) is 9.47 Å². The molecule has 2 heterocycles. The molecule has 0 saturated heterocycles. The molecular weight excluding hydrogens is 440 g/mol. The predicted octanol–water partition coefficient (Wildman–Crippen LogP) is 5.47. The third kappa shape index (κ3) is 4.71. The summed E-state index contributed by atoms with van der Waals surface area (Å²) in [5, 5.41) is 0.515. The highest BCUT2D eigenvalue weighted by Crippen LogP contribution is 2.34. The Kier molecular flexibility index (Phi) is 7.38. The summed E-state index contributed by atoms with van der Waals surface area (Å²) >= 11 is 6.35. The number of nitrogens with zero attached hydrogens (tertiary/aromatic N) is 2. The molecule has 0 radical (unpaired) electrons. The van der Waals surface area contributed by atoms with Crippen molar-refractivity contribution in [3.8, 4) is 11.4 Å². The number of amides is 1. The van der Waals surface area contributed by atoms with Crippen molar-refractivity contribution >= 4 is 29.6 Å². The molecule has 1 aromatic heterocycles. The van der Waals surface area contributed by atoms with Crippen LogP contribution in [0, 0.1) is 19.8 Å². The highest BCUT2D eigenvalue weighted by molar-refractivity contribution is 6.32. The second kappa shape index (κ2) is 9.87. The van der Waals surface area contributed by atoms with Crippen LogP contribution in [0.2, 0.25) is 5.02 Å². The zero-order valence-corrected chi connectivity index (χ0v) is 21.0. The summed E-state index contributed by atoms with van der Waals surface area (Å²) in [5.74, 6) is 0.210. The molecular formula is C26H31ClN2O4. The number of esters is 1. The number of carbonyl (C=O) groups excluding carboxylic acids is 2. The van der Waals surface area contributed by atoms with Gasteiger partial charge >= 0.3 is 5.97 Å². The van der Waals surface area contributed by atoms with Gasteiger partial charge in [0.15, 0.2) is 0 Å². The average Bonchev–Trinajstić information content (AvgIpc) is 3.15. The number of benzene rings is 1. The van der Waals surface area contributed by atoms with Gasteiger partial charge in [-0.2, -0.15) is 0 Å². The second-order valence-electron chi connectivity index (χ2n) is 8.53. The first-order valence-corrected chi connectivity index (χ1v) is 11.4. The average molecular weight is 471 g/mol. The standard InChI is InChI=1S/C26H31ClN2O4/c1-8-33-26(31)24-18(6)28(14-15(2)3)25(30)21(24)12-19-11-16(4)29(17(19)5)20-9-10-23(32-7)22(27)13-20/h9-13,15H,8,14H2,1-7H3/b21-12-. The van der Waals surface area contributed by atoms with Gasteiger partial charge in [0.25, 0.3) is 5.91 Å². The molecule has 0 aliphatic carbocycles. The van der Waals surface area contributed by atoms with Crippen LogP contribution in [-0.4, -0.2) is 41.6 Å². The van der Waals surface area contributed by atoms with Gasteiger partial charge in [0, 0.05) is 29.3 Å². The van der Waals surface area contributed by atoms with Crippen molar-refractivity contribution in [3.63, 3.8) is 0 Å². The molecule has 0 unspecified atom stereocenters. The minimum Gasteiger partial charge on any atom is -0.495 e. The normalized spacial score (nSPS) is 15.2. The van der Waals surface area contributed by atoms with E-state index in [1.54, 1.807) is 31.9 Å². The van der Waals surface area contributed by atoms with Crippen molar-refractivity contribution < 1.29 is 19.1 Å². The second-order valence-corrected chi connectivity index (χ2v) is 8.94. The Morgan fingerprint density at radius 3 is 2.45 bits per heavy atom. The van der Waals surface area contributed by atoms with Crippen molar-refractivity contribution in [2.24, 2.45) is 5.92 Å². The maximum atomic E-state index is 13.3. The van der Waals surface area contributed by atoms with Crippen molar-refractivity contribution in [3.05, 3.63) is 63.1 Å². The van der Waals surface area contributed by atoms with Gasteiger partial charge in [0.1, 0.15) is 5.75 Å². The van der Waals surface area contributed by atoms with E-state index in [2.05, 4.69) is 4.57 Å². The van der Waals surface area contributed by atoms with Crippen LogP contribution in [0.4, 0.5) is 0 Å². The third-order valence-electron chi connectivity index (χ3n) is 5.70. The van der Waals surface area contributed by atoms with Crippen LogP contribution >= 0.6 is 11.6 Å². The quantitative estimate of drug-likeness (QED) is 0.397. The highest BCUT2D eigenvalue weighted by Gasteiger charge is 2.37. The molecule has 33 heavy (non-hydrogen) atoms. The number of halogens is 1. The fourth-order valence-electron chi connectivity index (χ4n) is 4.20. The van der Waals surface area contributed by atoms with Crippen molar-refractivity contribution in [2.45, 2.75) is 41.5 Å². The number of rotatable bonds is 7. The van der Waals surface area contributed by atoms with Crippen molar-refractivity contribution in [1.29, 1.82) is 0 Å². The lowest BCUT2D eigenvalue weighted by atomic mass is 10.0.